The van der Waals surface area contributed by atoms with Crippen LogP contribution in [0, 0.1) is 0 Å². The van der Waals surface area contributed by atoms with Crippen molar-refractivity contribution in [1.82, 2.24) is 0 Å². The van der Waals surface area contributed by atoms with Gasteiger partial charge in [0.2, 0.25) is 0 Å². The van der Waals surface area contributed by atoms with Crippen molar-refractivity contribution < 1.29 is 22.0 Å². The number of hydrogen-bond acceptors (Lipinski definition) is 0. The molecular weight excluding hydrogens is 255 g/mol. The van der Waals surface area contributed by atoms with Crippen LogP contribution in [-0.4, -0.2) is 8.07 Å². The van der Waals surface area contributed by atoms with Crippen LogP contribution in [0.4, 0.5) is 22.0 Å². The summed E-state index contributed by atoms with van der Waals surface area (Å²) in [5.41, 5.74) is -4.28. The normalized spacial score (nSPS) is 13.9. The highest BCUT2D eigenvalue weighted by atomic mass is 28.3. The Labute approximate surface area is 97.5 Å². The third-order valence-electron chi connectivity index (χ3n) is 2.52. The summed E-state index contributed by atoms with van der Waals surface area (Å²) >= 11 is 0. The Morgan fingerprint density at radius 2 is 1.12 bits per heavy atom. The summed E-state index contributed by atoms with van der Waals surface area (Å²) in [5.74, 6) is 0. The van der Waals surface area contributed by atoms with Gasteiger partial charge in [-0.3, -0.25) is 0 Å². The van der Waals surface area contributed by atoms with Crippen LogP contribution in [0.25, 0.3) is 0 Å². The van der Waals surface area contributed by atoms with E-state index in [1.165, 1.54) is 19.6 Å². The van der Waals surface area contributed by atoms with Crippen molar-refractivity contribution in [1.29, 1.82) is 0 Å². The van der Waals surface area contributed by atoms with Crippen LogP contribution in [0.1, 0.15) is 11.1 Å². The molecule has 0 spiro atoms. The minimum Gasteiger partial charge on any atom is -0.207 e. The number of rotatable bonds is 2. The van der Waals surface area contributed by atoms with Crippen molar-refractivity contribution in [3.05, 3.63) is 35.4 Å². The molecule has 0 aromatic heterocycles. The lowest BCUT2D eigenvalue weighted by atomic mass is 10.1. The van der Waals surface area contributed by atoms with E-state index in [-0.39, 0.29) is 5.56 Å². The van der Waals surface area contributed by atoms with Gasteiger partial charge in [-0.05, 0) is 12.1 Å². The van der Waals surface area contributed by atoms with E-state index in [0.717, 1.165) is 12.1 Å². The molecule has 0 N–H and O–H groups in total. The highest BCUT2D eigenvalue weighted by Crippen LogP contribution is 2.38. The lowest BCUT2D eigenvalue weighted by Crippen LogP contribution is -2.42. The lowest BCUT2D eigenvalue weighted by molar-refractivity contribution is -0.137. The fraction of sp³-hybridized carbons (Fsp3) is 0.455. The largest absolute Gasteiger partial charge is 0.416 e. The average molecular weight is 268 g/mol. The number of halogens is 5. The van der Waals surface area contributed by atoms with Crippen LogP contribution in [0.5, 0.6) is 0 Å². The summed E-state index contributed by atoms with van der Waals surface area (Å²) in [6.07, 6.45) is -4.49. The standard InChI is InChI=1S/C11H13F5Si/c1-17(2,3)11(15,16)9-6-4-8(5-7-9)10(12,13)14/h4-7H,1-3H3. The van der Waals surface area contributed by atoms with Gasteiger partial charge in [-0.2, -0.15) is 13.2 Å². The Morgan fingerprint density at radius 3 is 1.41 bits per heavy atom. The molecule has 0 atom stereocenters. The quantitative estimate of drug-likeness (QED) is 0.540. The summed E-state index contributed by atoms with van der Waals surface area (Å²) in [5, 5.41) is 0. The number of alkyl halides is 5. The molecule has 0 fully saturated rings. The molecule has 17 heavy (non-hydrogen) atoms. The van der Waals surface area contributed by atoms with Crippen LogP contribution in [0.3, 0.4) is 0 Å². The van der Waals surface area contributed by atoms with Crippen molar-refractivity contribution in [2.75, 3.05) is 0 Å². The van der Waals surface area contributed by atoms with E-state index in [9.17, 15) is 22.0 Å². The van der Waals surface area contributed by atoms with Gasteiger partial charge in [0.25, 0.3) is 5.55 Å². The van der Waals surface area contributed by atoms with E-state index in [1.807, 2.05) is 0 Å². The van der Waals surface area contributed by atoms with Gasteiger partial charge in [-0.15, -0.1) is 0 Å². The Hall–Kier alpha value is -0.913. The maximum Gasteiger partial charge on any atom is 0.416 e. The minimum absolute atomic E-state index is 0.343. The Kier molecular flexibility index (Phi) is 3.40. The predicted octanol–water partition coefficient (Wildman–Crippen LogP) is 4.67. The number of benzene rings is 1. The molecule has 0 saturated heterocycles. The van der Waals surface area contributed by atoms with E-state index in [4.69, 9.17) is 0 Å². The van der Waals surface area contributed by atoms with Crippen LogP contribution in [0.2, 0.25) is 19.6 Å². The summed E-state index contributed by atoms with van der Waals surface area (Å²) in [6, 6.07) is 3.12. The molecule has 1 aromatic rings. The third kappa shape index (κ3) is 2.85. The topological polar surface area (TPSA) is 0 Å². The monoisotopic (exact) mass is 268 g/mol. The smallest absolute Gasteiger partial charge is 0.207 e. The molecule has 1 rings (SSSR count). The van der Waals surface area contributed by atoms with Gasteiger partial charge in [0, 0.05) is 5.56 Å². The highest BCUT2D eigenvalue weighted by molar-refractivity contribution is 6.78. The maximum atomic E-state index is 13.9. The summed E-state index contributed by atoms with van der Waals surface area (Å²) in [4.78, 5) is 0. The molecule has 6 heteroatoms. The second-order valence-electron chi connectivity index (χ2n) is 4.90. The first-order valence-corrected chi connectivity index (χ1v) is 8.52. The molecule has 0 heterocycles. The first kappa shape index (κ1) is 14.1. The molecule has 0 aliphatic heterocycles. The molecule has 0 aliphatic rings. The van der Waals surface area contributed by atoms with Crippen LogP contribution >= 0.6 is 0 Å². The molecule has 0 aliphatic carbocycles. The van der Waals surface area contributed by atoms with E-state index in [1.54, 1.807) is 0 Å². The van der Waals surface area contributed by atoms with E-state index < -0.39 is 25.4 Å². The Balaban J connectivity index is 3.12. The van der Waals surface area contributed by atoms with E-state index in [2.05, 4.69) is 0 Å². The van der Waals surface area contributed by atoms with Crippen molar-refractivity contribution in [2.45, 2.75) is 31.4 Å². The highest BCUT2D eigenvalue weighted by Gasteiger charge is 2.46. The molecular formula is C11H13F5Si. The second-order valence-corrected chi connectivity index (χ2v) is 10.0. The van der Waals surface area contributed by atoms with Gasteiger partial charge >= 0.3 is 6.18 Å². The van der Waals surface area contributed by atoms with Gasteiger partial charge in [0.1, 0.15) is 8.07 Å². The first-order valence-electron chi connectivity index (χ1n) is 5.02. The van der Waals surface area contributed by atoms with Crippen LogP contribution < -0.4 is 0 Å². The zero-order valence-corrected chi connectivity index (χ0v) is 10.7. The SMILES string of the molecule is C[Si](C)(C)C(F)(F)c1ccc(C(F)(F)F)cc1. The molecule has 0 amide bonds. The first-order chi connectivity index (χ1) is 7.46. The summed E-state index contributed by atoms with van der Waals surface area (Å²) < 4.78 is 64.6. The van der Waals surface area contributed by atoms with Gasteiger partial charge in [0.05, 0.1) is 5.56 Å². The molecule has 0 nitrogen and oxygen atoms in total. The number of hydrogen-bond donors (Lipinski definition) is 0. The van der Waals surface area contributed by atoms with Crippen molar-refractivity contribution in [3.8, 4) is 0 Å². The minimum atomic E-state index is -4.49. The molecule has 96 valence electrons. The van der Waals surface area contributed by atoms with Crippen LogP contribution in [0.15, 0.2) is 24.3 Å². The maximum absolute atomic E-state index is 13.9. The predicted molar refractivity (Wildman–Crippen MR) is 58.7 cm³/mol. The average Bonchev–Trinajstić information content (AvgIpc) is 2.15. The van der Waals surface area contributed by atoms with Gasteiger partial charge < -0.3 is 0 Å². The van der Waals surface area contributed by atoms with Crippen molar-refractivity contribution in [3.63, 3.8) is 0 Å². The molecule has 1 aromatic carbocycles. The van der Waals surface area contributed by atoms with Gasteiger partial charge in [-0.25, -0.2) is 8.78 Å². The van der Waals surface area contributed by atoms with Gasteiger partial charge in [-0.1, -0.05) is 31.8 Å². The van der Waals surface area contributed by atoms with E-state index in [0.29, 0.717) is 12.1 Å². The lowest BCUT2D eigenvalue weighted by Gasteiger charge is -2.29. The van der Waals surface area contributed by atoms with Crippen molar-refractivity contribution >= 4 is 8.07 Å². The van der Waals surface area contributed by atoms with Crippen LogP contribution in [-0.2, 0) is 11.7 Å². The third-order valence-corrected chi connectivity index (χ3v) is 4.69. The summed E-state index contributed by atoms with van der Waals surface area (Å²) in [6.45, 7) is 4.43. The zero-order valence-electron chi connectivity index (χ0n) is 9.70. The van der Waals surface area contributed by atoms with Gasteiger partial charge in [0.15, 0.2) is 0 Å². The molecule has 0 radical (unpaired) electrons. The fourth-order valence-electron chi connectivity index (χ4n) is 1.30. The zero-order chi connectivity index (χ0) is 13.5. The summed E-state index contributed by atoms with van der Waals surface area (Å²) in [7, 11) is -2.80. The van der Waals surface area contributed by atoms with Crippen molar-refractivity contribution in [2.24, 2.45) is 0 Å². The molecule has 0 unspecified atom stereocenters. The van der Waals surface area contributed by atoms with E-state index >= 15 is 0 Å². The Bertz CT molecular complexity index is 386. The molecule has 0 saturated carbocycles. The molecule has 0 bridgehead atoms. The second kappa shape index (κ2) is 4.08. The Morgan fingerprint density at radius 1 is 0.765 bits per heavy atom. The fourth-order valence-corrected chi connectivity index (χ4v) is 2.33.